The Morgan fingerprint density at radius 3 is 2.68 bits per heavy atom. The molecule has 2 aromatic carbocycles. The second-order valence-corrected chi connectivity index (χ2v) is 8.11. The van der Waals surface area contributed by atoms with Crippen LogP contribution < -0.4 is 16.0 Å². The zero-order valence-corrected chi connectivity index (χ0v) is 17.2. The molecule has 1 spiro atoms. The Balaban J connectivity index is 1.76. The van der Waals surface area contributed by atoms with Crippen molar-refractivity contribution in [2.24, 2.45) is 5.73 Å². The van der Waals surface area contributed by atoms with Gasteiger partial charge < -0.3 is 16.0 Å². The average molecular weight is 415 g/mol. The predicted molar refractivity (Wildman–Crippen MR) is 115 cm³/mol. The number of nitrogens with two attached hydrogens (primary N) is 1. The van der Waals surface area contributed by atoms with E-state index in [0.29, 0.717) is 22.6 Å². The van der Waals surface area contributed by atoms with Crippen LogP contribution in [0.15, 0.2) is 48.7 Å². The first-order chi connectivity index (χ1) is 14.8. The van der Waals surface area contributed by atoms with Gasteiger partial charge in [-0.3, -0.25) is 14.4 Å². The number of benzene rings is 2. The fourth-order valence-electron chi connectivity index (χ4n) is 4.69. The highest BCUT2D eigenvalue weighted by Crippen LogP contribution is 2.52. The minimum Gasteiger partial charge on any atom is -0.368 e. The molecule has 3 heterocycles. The van der Waals surface area contributed by atoms with Gasteiger partial charge >= 0.3 is 0 Å². The van der Waals surface area contributed by atoms with Crippen molar-refractivity contribution in [1.82, 2.24) is 9.78 Å². The summed E-state index contributed by atoms with van der Waals surface area (Å²) in [6.07, 6.45) is 1.57. The van der Waals surface area contributed by atoms with Crippen LogP contribution >= 0.6 is 0 Å². The maximum absolute atomic E-state index is 13.8. The number of carbonyl (C=O) groups is 3. The van der Waals surface area contributed by atoms with E-state index in [-0.39, 0.29) is 24.8 Å². The Hall–Kier alpha value is -3.94. The first kappa shape index (κ1) is 19.0. The molecule has 0 unspecified atom stereocenters. The Labute approximate surface area is 178 Å². The van der Waals surface area contributed by atoms with Crippen LogP contribution in [0.1, 0.15) is 28.7 Å². The van der Waals surface area contributed by atoms with Gasteiger partial charge in [0.1, 0.15) is 17.8 Å². The molecule has 156 valence electrons. The molecular weight excluding hydrogens is 394 g/mol. The number of aromatic nitrogens is 2. The lowest BCUT2D eigenvalue weighted by atomic mass is 9.72. The first-order valence-corrected chi connectivity index (χ1v) is 9.98. The van der Waals surface area contributed by atoms with Crippen molar-refractivity contribution in [3.05, 3.63) is 70.9 Å². The van der Waals surface area contributed by atoms with Crippen molar-refractivity contribution in [1.29, 1.82) is 0 Å². The summed E-state index contributed by atoms with van der Waals surface area (Å²) in [6.45, 7) is 3.70. The third kappa shape index (κ3) is 2.61. The molecule has 3 aromatic rings. The van der Waals surface area contributed by atoms with Crippen LogP contribution in [-0.2, 0) is 19.8 Å². The molecule has 1 aromatic heterocycles. The predicted octanol–water partition coefficient (Wildman–Crippen LogP) is 1.95. The molecule has 8 nitrogen and oxygen atoms in total. The number of aryl methyl sites for hydroxylation is 2. The minimum absolute atomic E-state index is 0.0659. The van der Waals surface area contributed by atoms with Crippen LogP contribution in [0.4, 0.5) is 11.5 Å². The van der Waals surface area contributed by atoms with E-state index in [2.05, 4.69) is 10.4 Å². The number of fused-ring (bicyclic) bond motifs is 4. The number of primary amides is 1. The van der Waals surface area contributed by atoms with Crippen LogP contribution in [0.5, 0.6) is 0 Å². The van der Waals surface area contributed by atoms with E-state index in [1.165, 1.54) is 4.90 Å². The number of anilines is 2. The number of amides is 3. The molecule has 0 radical (unpaired) electrons. The lowest BCUT2D eigenvalue weighted by Gasteiger charge is -2.32. The van der Waals surface area contributed by atoms with E-state index >= 15 is 0 Å². The van der Waals surface area contributed by atoms with Gasteiger partial charge in [0.15, 0.2) is 0 Å². The van der Waals surface area contributed by atoms with Crippen molar-refractivity contribution < 1.29 is 14.4 Å². The Bertz CT molecular complexity index is 1280. The molecule has 31 heavy (non-hydrogen) atoms. The van der Waals surface area contributed by atoms with Gasteiger partial charge in [-0.15, -0.1) is 0 Å². The largest absolute Gasteiger partial charge is 0.368 e. The quantitative estimate of drug-likeness (QED) is 0.681. The van der Waals surface area contributed by atoms with E-state index in [1.54, 1.807) is 23.0 Å². The summed E-state index contributed by atoms with van der Waals surface area (Å²) in [5, 5.41) is 7.47. The van der Waals surface area contributed by atoms with E-state index in [0.717, 1.165) is 16.8 Å². The molecule has 0 aliphatic carbocycles. The number of hydrogen-bond donors (Lipinski definition) is 2. The molecule has 5 rings (SSSR count). The van der Waals surface area contributed by atoms with Gasteiger partial charge in [-0.2, -0.15) is 5.10 Å². The summed E-state index contributed by atoms with van der Waals surface area (Å²) in [5.74, 6) is -0.784. The number of nitrogens with one attached hydrogen (secondary N) is 1. The zero-order valence-electron chi connectivity index (χ0n) is 17.2. The smallest absolute Gasteiger partial charge is 0.243 e. The highest BCUT2D eigenvalue weighted by Gasteiger charge is 2.57. The second-order valence-electron chi connectivity index (χ2n) is 8.11. The molecule has 0 saturated carbocycles. The molecule has 0 saturated heterocycles. The minimum atomic E-state index is -1.25. The lowest BCUT2D eigenvalue weighted by molar-refractivity contribution is -0.127. The van der Waals surface area contributed by atoms with Crippen molar-refractivity contribution in [3.63, 3.8) is 0 Å². The average Bonchev–Trinajstić information content (AvgIpc) is 3.24. The topological polar surface area (TPSA) is 110 Å². The van der Waals surface area contributed by atoms with E-state index in [9.17, 15) is 14.4 Å². The number of rotatable bonds is 3. The van der Waals surface area contributed by atoms with Crippen LogP contribution in [-0.4, -0.2) is 34.0 Å². The fraction of sp³-hybridized carbons (Fsp3) is 0.217. The molecule has 3 amide bonds. The zero-order chi connectivity index (χ0) is 21.9. The number of hydrogen-bond acceptors (Lipinski definition) is 4. The number of carbonyl (C=O) groups excluding carboxylic acids is 3. The van der Waals surface area contributed by atoms with Crippen molar-refractivity contribution in [3.8, 4) is 5.69 Å². The van der Waals surface area contributed by atoms with Crippen LogP contribution in [0.25, 0.3) is 5.69 Å². The van der Waals surface area contributed by atoms with Crippen molar-refractivity contribution >= 4 is 29.2 Å². The van der Waals surface area contributed by atoms with Gasteiger partial charge in [-0.05, 0) is 42.7 Å². The molecule has 2 aliphatic heterocycles. The Kier molecular flexibility index (Phi) is 4.01. The van der Waals surface area contributed by atoms with Crippen molar-refractivity contribution in [2.75, 3.05) is 16.8 Å². The first-order valence-electron chi connectivity index (χ1n) is 9.98. The molecule has 8 heteroatoms. The highest BCUT2D eigenvalue weighted by atomic mass is 16.2. The summed E-state index contributed by atoms with van der Waals surface area (Å²) in [5.41, 5.74) is 8.90. The second kappa shape index (κ2) is 6.53. The summed E-state index contributed by atoms with van der Waals surface area (Å²) < 4.78 is 1.67. The fourth-order valence-corrected chi connectivity index (χ4v) is 4.69. The highest BCUT2D eigenvalue weighted by molar-refractivity contribution is 6.17. The molecule has 3 N–H and O–H groups in total. The van der Waals surface area contributed by atoms with Crippen molar-refractivity contribution in [2.45, 2.75) is 25.7 Å². The lowest BCUT2D eigenvalue weighted by Crippen LogP contribution is -2.48. The number of nitrogens with zero attached hydrogens (tertiary/aromatic N) is 3. The molecule has 2 aliphatic rings. The summed E-state index contributed by atoms with van der Waals surface area (Å²) >= 11 is 0. The monoisotopic (exact) mass is 415 g/mol. The normalized spacial score (nSPS) is 19.4. The molecule has 0 fully saturated rings. The van der Waals surface area contributed by atoms with Crippen LogP contribution in [0.2, 0.25) is 0 Å². The number of para-hydroxylation sites is 1. The van der Waals surface area contributed by atoms with Gasteiger partial charge in [0, 0.05) is 17.7 Å². The van der Waals surface area contributed by atoms with Gasteiger partial charge in [-0.1, -0.05) is 30.3 Å². The van der Waals surface area contributed by atoms with Gasteiger partial charge in [0.25, 0.3) is 0 Å². The van der Waals surface area contributed by atoms with E-state index < -0.39 is 11.3 Å². The third-order valence-electron chi connectivity index (χ3n) is 6.08. The molecule has 0 bridgehead atoms. The summed E-state index contributed by atoms with van der Waals surface area (Å²) in [6, 6.07) is 13.2. The summed E-state index contributed by atoms with van der Waals surface area (Å²) in [7, 11) is 0. The maximum atomic E-state index is 13.8. The maximum Gasteiger partial charge on any atom is 0.243 e. The molecule has 1 atom stereocenters. The third-order valence-corrected chi connectivity index (χ3v) is 6.08. The van der Waals surface area contributed by atoms with Crippen LogP contribution in [0.3, 0.4) is 0 Å². The van der Waals surface area contributed by atoms with Crippen LogP contribution in [0, 0.1) is 13.8 Å². The SMILES string of the molecule is Cc1ccc(C)c(-n2ncc3c2NC(=O)C[C@@]32C(=O)N(CC(N)=O)c3ccccc32)c1. The van der Waals surface area contributed by atoms with Gasteiger partial charge in [-0.25, -0.2) is 4.68 Å². The van der Waals surface area contributed by atoms with E-state index in [4.69, 9.17) is 5.73 Å². The Morgan fingerprint density at radius 2 is 1.90 bits per heavy atom. The summed E-state index contributed by atoms with van der Waals surface area (Å²) in [4.78, 5) is 39.7. The van der Waals surface area contributed by atoms with Gasteiger partial charge in [0.2, 0.25) is 17.7 Å². The van der Waals surface area contributed by atoms with E-state index in [1.807, 2.05) is 44.2 Å². The standard InChI is InChI=1S/C23H21N5O3/c1-13-7-8-14(2)18(9-13)28-21-16(11-25-28)23(10-20(30)26-21)15-5-3-4-6-17(15)27(22(23)31)12-19(24)29/h3-9,11H,10,12H2,1-2H3,(H2,24,29)(H,26,30)/t23-/m0/s1. The van der Waals surface area contributed by atoms with Gasteiger partial charge in [0.05, 0.1) is 11.9 Å². The Morgan fingerprint density at radius 1 is 1.13 bits per heavy atom. The molecular formula is C23H21N5O3.